The SMILES string of the molecule is CCC(N)NC(=O)[C@H](C)N(CC)CC. The number of hydrogen-bond donors (Lipinski definition) is 2. The highest BCUT2D eigenvalue weighted by Crippen LogP contribution is 1.98. The van der Waals surface area contributed by atoms with E-state index in [0.29, 0.717) is 0 Å². The van der Waals surface area contributed by atoms with Crippen molar-refractivity contribution >= 4 is 5.91 Å². The second kappa shape index (κ2) is 6.79. The third-order valence-electron chi connectivity index (χ3n) is 2.51. The third kappa shape index (κ3) is 4.07. The summed E-state index contributed by atoms with van der Waals surface area (Å²) in [6, 6.07) is -0.0948. The van der Waals surface area contributed by atoms with Crippen LogP contribution < -0.4 is 11.1 Å². The second-order valence-corrected chi connectivity index (χ2v) is 3.42. The minimum atomic E-state index is -0.222. The second-order valence-electron chi connectivity index (χ2n) is 3.42. The summed E-state index contributed by atoms with van der Waals surface area (Å²) in [5, 5.41) is 2.78. The molecule has 0 bridgehead atoms. The van der Waals surface area contributed by atoms with E-state index in [9.17, 15) is 4.79 Å². The molecule has 0 aliphatic heterocycles. The lowest BCUT2D eigenvalue weighted by molar-refractivity contribution is -0.126. The standard InChI is InChI=1S/C10H23N3O/c1-5-9(11)12-10(14)8(4)13(6-2)7-3/h8-9H,5-7,11H2,1-4H3,(H,12,14)/t8-,9?/m0/s1. The Bertz CT molecular complexity index is 169. The lowest BCUT2D eigenvalue weighted by Gasteiger charge is -2.26. The van der Waals surface area contributed by atoms with Crippen molar-refractivity contribution in [2.45, 2.75) is 46.3 Å². The number of hydrogen-bond acceptors (Lipinski definition) is 3. The van der Waals surface area contributed by atoms with Crippen LogP contribution in [0, 0.1) is 0 Å². The number of carbonyl (C=O) groups is 1. The van der Waals surface area contributed by atoms with Gasteiger partial charge in [-0.2, -0.15) is 0 Å². The first-order chi connectivity index (χ1) is 6.56. The van der Waals surface area contributed by atoms with Gasteiger partial charge in [-0.15, -0.1) is 0 Å². The Hall–Kier alpha value is -0.610. The van der Waals surface area contributed by atoms with Crippen LogP contribution in [-0.2, 0) is 4.79 Å². The normalized spacial score (nSPS) is 15.3. The average molecular weight is 201 g/mol. The molecule has 0 aliphatic carbocycles. The van der Waals surface area contributed by atoms with Crippen molar-refractivity contribution < 1.29 is 4.79 Å². The Kier molecular flexibility index (Phi) is 6.49. The largest absolute Gasteiger partial charge is 0.340 e. The fourth-order valence-corrected chi connectivity index (χ4v) is 1.34. The summed E-state index contributed by atoms with van der Waals surface area (Å²) in [5.41, 5.74) is 5.64. The molecular weight excluding hydrogens is 178 g/mol. The van der Waals surface area contributed by atoms with Gasteiger partial charge in [0.25, 0.3) is 0 Å². The van der Waals surface area contributed by atoms with Crippen LogP contribution in [0.3, 0.4) is 0 Å². The highest BCUT2D eigenvalue weighted by molar-refractivity contribution is 5.81. The average Bonchev–Trinajstić information content (AvgIpc) is 2.19. The molecule has 1 unspecified atom stereocenters. The van der Waals surface area contributed by atoms with E-state index in [4.69, 9.17) is 5.73 Å². The summed E-state index contributed by atoms with van der Waals surface area (Å²) in [7, 11) is 0. The number of nitrogens with one attached hydrogen (secondary N) is 1. The lowest BCUT2D eigenvalue weighted by atomic mass is 10.2. The minimum absolute atomic E-state index is 0.0167. The predicted molar refractivity (Wildman–Crippen MR) is 58.8 cm³/mol. The van der Waals surface area contributed by atoms with E-state index in [2.05, 4.69) is 10.2 Å². The van der Waals surface area contributed by atoms with Gasteiger partial charge >= 0.3 is 0 Å². The van der Waals surface area contributed by atoms with Crippen LogP contribution in [0.4, 0.5) is 0 Å². The maximum atomic E-state index is 11.6. The summed E-state index contributed by atoms with van der Waals surface area (Å²) in [5.74, 6) is 0.0167. The zero-order valence-corrected chi connectivity index (χ0v) is 9.71. The number of nitrogens with zero attached hydrogens (tertiary/aromatic N) is 1. The fraction of sp³-hybridized carbons (Fsp3) is 0.900. The first kappa shape index (κ1) is 13.4. The van der Waals surface area contributed by atoms with Gasteiger partial charge in [0.05, 0.1) is 12.2 Å². The molecule has 0 aromatic carbocycles. The molecule has 0 rings (SSSR count). The molecule has 1 amide bonds. The monoisotopic (exact) mass is 201 g/mol. The van der Waals surface area contributed by atoms with Crippen molar-refractivity contribution in [2.75, 3.05) is 13.1 Å². The maximum Gasteiger partial charge on any atom is 0.238 e. The first-order valence-electron chi connectivity index (χ1n) is 5.36. The minimum Gasteiger partial charge on any atom is -0.340 e. The number of amides is 1. The molecule has 4 heteroatoms. The quantitative estimate of drug-likeness (QED) is 0.616. The van der Waals surface area contributed by atoms with Crippen LogP contribution in [0.2, 0.25) is 0 Å². The van der Waals surface area contributed by atoms with Crippen LogP contribution in [0.25, 0.3) is 0 Å². The van der Waals surface area contributed by atoms with E-state index in [1.165, 1.54) is 0 Å². The number of carbonyl (C=O) groups excluding carboxylic acids is 1. The molecule has 0 saturated heterocycles. The molecule has 84 valence electrons. The number of nitrogens with two attached hydrogens (primary N) is 1. The van der Waals surface area contributed by atoms with E-state index in [0.717, 1.165) is 19.5 Å². The van der Waals surface area contributed by atoms with Crippen molar-refractivity contribution in [1.29, 1.82) is 0 Å². The number of rotatable bonds is 6. The third-order valence-corrected chi connectivity index (χ3v) is 2.51. The molecule has 0 aliphatic rings. The predicted octanol–water partition coefficient (Wildman–Crippen LogP) is 0.528. The van der Waals surface area contributed by atoms with Crippen LogP contribution >= 0.6 is 0 Å². The molecule has 0 radical (unpaired) electrons. The van der Waals surface area contributed by atoms with Crippen molar-refractivity contribution in [3.05, 3.63) is 0 Å². The molecule has 0 aromatic heterocycles. The summed E-state index contributed by atoms with van der Waals surface area (Å²) in [6.07, 6.45) is 0.539. The Morgan fingerprint density at radius 3 is 2.21 bits per heavy atom. The van der Waals surface area contributed by atoms with Crippen LogP contribution in [0.15, 0.2) is 0 Å². The molecule has 14 heavy (non-hydrogen) atoms. The van der Waals surface area contributed by atoms with Crippen molar-refractivity contribution in [1.82, 2.24) is 10.2 Å². The Balaban J connectivity index is 4.09. The molecule has 0 saturated carbocycles. The Morgan fingerprint density at radius 2 is 1.86 bits per heavy atom. The van der Waals surface area contributed by atoms with Gasteiger partial charge in [0.2, 0.25) is 5.91 Å². The van der Waals surface area contributed by atoms with E-state index >= 15 is 0 Å². The molecule has 0 fully saturated rings. The molecule has 0 spiro atoms. The van der Waals surface area contributed by atoms with Crippen LogP contribution in [0.5, 0.6) is 0 Å². The van der Waals surface area contributed by atoms with Crippen LogP contribution in [-0.4, -0.2) is 36.1 Å². The Labute approximate surface area is 86.8 Å². The van der Waals surface area contributed by atoms with Crippen molar-refractivity contribution in [3.63, 3.8) is 0 Å². The summed E-state index contributed by atoms with van der Waals surface area (Å²) in [6.45, 7) is 9.72. The summed E-state index contributed by atoms with van der Waals surface area (Å²) in [4.78, 5) is 13.7. The molecule has 2 atom stereocenters. The van der Waals surface area contributed by atoms with Crippen LogP contribution in [0.1, 0.15) is 34.1 Å². The van der Waals surface area contributed by atoms with Gasteiger partial charge in [-0.1, -0.05) is 20.8 Å². The topological polar surface area (TPSA) is 58.4 Å². The maximum absolute atomic E-state index is 11.6. The first-order valence-corrected chi connectivity index (χ1v) is 5.36. The summed E-state index contributed by atoms with van der Waals surface area (Å²) >= 11 is 0. The van der Waals surface area contributed by atoms with Gasteiger partial charge in [-0.3, -0.25) is 9.69 Å². The van der Waals surface area contributed by atoms with E-state index < -0.39 is 0 Å². The lowest BCUT2D eigenvalue weighted by Crippen LogP contribution is -2.50. The summed E-state index contributed by atoms with van der Waals surface area (Å²) < 4.78 is 0. The fourth-order valence-electron chi connectivity index (χ4n) is 1.34. The van der Waals surface area contributed by atoms with E-state index in [1.54, 1.807) is 0 Å². The highest BCUT2D eigenvalue weighted by atomic mass is 16.2. The number of likely N-dealkylation sites (N-methyl/N-ethyl adjacent to an activating group) is 1. The smallest absolute Gasteiger partial charge is 0.238 e. The highest BCUT2D eigenvalue weighted by Gasteiger charge is 2.19. The zero-order chi connectivity index (χ0) is 11.1. The molecule has 0 aromatic rings. The molecule has 3 N–H and O–H groups in total. The Morgan fingerprint density at radius 1 is 1.36 bits per heavy atom. The molecule has 0 heterocycles. The molecular formula is C10H23N3O. The van der Waals surface area contributed by atoms with E-state index in [1.807, 2.05) is 27.7 Å². The molecule has 4 nitrogen and oxygen atoms in total. The van der Waals surface area contributed by atoms with E-state index in [-0.39, 0.29) is 18.1 Å². The van der Waals surface area contributed by atoms with Gasteiger partial charge in [0.1, 0.15) is 0 Å². The van der Waals surface area contributed by atoms with Gasteiger partial charge in [0.15, 0.2) is 0 Å². The van der Waals surface area contributed by atoms with Gasteiger partial charge in [-0.25, -0.2) is 0 Å². The zero-order valence-electron chi connectivity index (χ0n) is 9.71. The van der Waals surface area contributed by atoms with Gasteiger partial charge in [0, 0.05) is 0 Å². The van der Waals surface area contributed by atoms with Crippen molar-refractivity contribution in [3.8, 4) is 0 Å². The van der Waals surface area contributed by atoms with Gasteiger partial charge < -0.3 is 11.1 Å². The van der Waals surface area contributed by atoms with Gasteiger partial charge in [-0.05, 0) is 26.4 Å². The van der Waals surface area contributed by atoms with Crippen molar-refractivity contribution in [2.24, 2.45) is 5.73 Å².